The summed E-state index contributed by atoms with van der Waals surface area (Å²) in [6.07, 6.45) is -6.84. The van der Waals surface area contributed by atoms with Gasteiger partial charge in [-0.3, -0.25) is 0 Å². The molecule has 1 aliphatic carbocycles. The SMILES string of the molecule is C=C(C)C(=O)OC(F)(F)C(F)(F)C(F)(F)C(F)(F)C1(F)C(F)(F)C1(F)F. The van der Waals surface area contributed by atoms with E-state index in [1.165, 1.54) is 0 Å². The highest BCUT2D eigenvalue weighted by molar-refractivity contribution is 5.87. The Morgan fingerprint density at radius 3 is 1.42 bits per heavy atom. The monoisotopic (exact) mass is 416 g/mol. The molecular formula is C11H5F13O2. The minimum atomic E-state index is -7.85. The van der Waals surface area contributed by atoms with E-state index in [4.69, 9.17) is 0 Å². The molecule has 0 amide bonds. The molecule has 26 heavy (non-hydrogen) atoms. The molecule has 0 aliphatic heterocycles. The molecule has 1 fully saturated rings. The van der Waals surface area contributed by atoms with Gasteiger partial charge in [-0.2, -0.15) is 52.7 Å². The van der Waals surface area contributed by atoms with Crippen molar-refractivity contribution in [3.8, 4) is 0 Å². The zero-order valence-electron chi connectivity index (χ0n) is 11.9. The predicted octanol–water partition coefficient (Wildman–Crippen LogP) is 4.60. The number of alkyl halides is 13. The van der Waals surface area contributed by atoms with Crippen LogP contribution in [0.3, 0.4) is 0 Å². The number of hydrogen-bond acceptors (Lipinski definition) is 2. The number of hydrogen-bond donors (Lipinski definition) is 0. The molecule has 0 bridgehead atoms. The van der Waals surface area contributed by atoms with Crippen molar-refractivity contribution in [2.75, 3.05) is 0 Å². The fourth-order valence-electron chi connectivity index (χ4n) is 1.64. The Hall–Kier alpha value is -1.70. The lowest BCUT2D eigenvalue weighted by Crippen LogP contribution is -2.67. The van der Waals surface area contributed by atoms with Crippen LogP contribution in [0.2, 0.25) is 0 Å². The molecule has 0 atom stereocenters. The van der Waals surface area contributed by atoms with E-state index < -0.39 is 52.9 Å². The summed E-state index contributed by atoms with van der Waals surface area (Å²) < 4.78 is 171. The molecule has 0 heterocycles. The van der Waals surface area contributed by atoms with Crippen LogP contribution in [0.15, 0.2) is 12.2 Å². The highest BCUT2D eigenvalue weighted by Crippen LogP contribution is 2.76. The van der Waals surface area contributed by atoms with E-state index in [1.807, 2.05) is 0 Å². The van der Waals surface area contributed by atoms with Gasteiger partial charge in [-0.05, 0) is 6.92 Å². The van der Waals surface area contributed by atoms with Crippen molar-refractivity contribution in [2.45, 2.75) is 48.3 Å². The minimum absolute atomic E-state index is 0.533. The van der Waals surface area contributed by atoms with Gasteiger partial charge in [-0.15, -0.1) is 0 Å². The second-order valence-corrected chi connectivity index (χ2v) is 5.22. The van der Waals surface area contributed by atoms with Crippen molar-refractivity contribution in [1.82, 2.24) is 0 Å². The Kier molecular flexibility index (Phi) is 4.45. The fourth-order valence-corrected chi connectivity index (χ4v) is 1.64. The average Bonchev–Trinajstić information content (AvgIpc) is 2.75. The molecule has 2 nitrogen and oxygen atoms in total. The minimum Gasteiger partial charge on any atom is -0.393 e. The zero-order valence-corrected chi connectivity index (χ0v) is 11.9. The number of esters is 1. The molecule has 0 spiro atoms. The van der Waals surface area contributed by atoms with E-state index in [1.54, 1.807) is 0 Å². The molecule has 1 rings (SSSR count). The molecule has 1 saturated carbocycles. The lowest BCUT2D eigenvalue weighted by molar-refractivity contribution is -0.427. The van der Waals surface area contributed by atoms with Crippen LogP contribution in [0.4, 0.5) is 57.1 Å². The average molecular weight is 416 g/mol. The second-order valence-electron chi connectivity index (χ2n) is 5.22. The quantitative estimate of drug-likeness (QED) is 0.360. The lowest BCUT2D eigenvalue weighted by Gasteiger charge is -2.36. The highest BCUT2D eigenvalue weighted by atomic mass is 19.4. The molecule has 0 aromatic rings. The fraction of sp³-hybridized carbons (Fsp3) is 0.727. The van der Waals surface area contributed by atoms with Crippen LogP contribution in [-0.4, -0.2) is 47.4 Å². The Morgan fingerprint density at radius 2 is 1.15 bits per heavy atom. The van der Waals surface area contributed by atoms with E-state index in [-0.39, 0.29) is 0 Å². The van der Waals surface area contributed by atoms with Gasteiger partial charge in [0.2, 0.25) is 0 Å². The molecule has 0 radical (unpaired) electrons. The third-order valence-corrected chi connectivity index (χ3v) is 3.35. The number of carbonyl (C=O) groups excluding carboxylic acids is 1. The van der Waals surface area contributed by atoms with Gasteiger partial charge in [-0.1, -0.05) is 6.58 Å². The Balaban J connectivity index is 3.43. The van der Waals surface area contributed by atoms with Crippen molar-refractivity contribution in [3.63, 3.8) is 0 Å². The van der Waals surface area contributed by atoms with Gasteiger partial charge in [0, 0.05) is 5.57 Å². The topological polar surface area (TPSA) is 26.3 Å². The molecule has 1 aliphatic rings. The summed E-state index contributed by atoms with van der Waals surface area (Å²) in [5.74, 6) is -38.8. The Morgan fingerprint density at radius 1 is 0.808 bits per heavy atom. The number of carbonyl (C=O) groups is 1. The smallest absolute Gasteiger partial charge is 0.393 e. The Bertz CT molecular complexity index is 622. The largest absolute Gasteiger partial charge is 0.473 e. The summed E-state index contributed by atoms with van der Waals surface area (Å²) in [4.78, 5) is 10.7. The van der Waals surface area contributed by atoms with Gasteiger partial charge in [0.1, 0.15) is 0 Å². The van der Waals surface area contributed by atoms with E-state index >= 15 is 0 Å². The van der Waals surface area contributed by atoms with Crippen molar-refractivity contribution < 1.29 is 66.6 Å². The van der Waals surface area contributed by atoms with Crippen molar-refractivity contribution >= 4 is 5.97 Å². The van der Waals surface area contributed by atoms with Crippen molar-refractivity contribution in [2.24, 2.45) is 0 Å². The van der Waals surface area contributed by atoms with E-state index in [0.29, 0.717) is 6.92 Å². The summed E-state index contributed by atoms with van der Waals surface area (Å²) in [6.45, 7) is 3.11. The van der Waals surface area contributed by atoms with Crippen LogP contribution in [-0.2, 0) is 9.53 Å². The number of halogens is 13. The van der Waals surface area contributed by atoms with E-state index in [2.05, 4.69) is 11.3 Å². The maximum atomic E-state index is 13.2. The van der Waals surface area contributed by atoms with Crippen LogP contribution in [0.25, 0.3) is 0 Å². The molecular weight excluding hydrogens is 411 g/mol. The van der Waals surface area contributed by atoms with Crippen molar-refractivity contribution in [3.05, 3.63) is 12.2 Å². The molecule has 15 heteroatoms. The summed E-state index contributed by atoms with van der Waals surface area (Å²) >= 11 is 0. The van der Waals surface area contributed by atoms with E-state index in [0.717, 1.165) is 0 Å². The first kappa shape index (κ1) is 22.3. The van der Waals surface area contributed by atoms with E-state index in [9.17, 15) is 61.9 Å². The van der Waals surface area contributed by atoms with Gasteiger partial charge in [0.15, 0.2) is 0 Å². The molecule has 0 aromatic carbocycles. The van der Waals surface area contributed by atoms with Crippen LogP contribution < -0.4 is 0 Å². The first-order valence-corrected chi connectivity index (χ1v) is 5.92. The summed E-state index contributed by atoms with van der Waals surface area (Å²) in [5, 5.41) is 0. The van der Waals surface area contributed by atoms with Gasteiger partial charge in [-0.25, -0.2) is 9.18 Å². The van der Waals surface area contributed by atoms with Crippen LogP contribution in [0.1, 0.15) is 6.92 Å². The summed E-state index contributed by atoms with van der Waals surface area (Å²) in [7, 11) is 0. The molecule has 152 valence electrons. The summed E-state index contributed by atoms with van der Waals surface area (Å²) in [6, 6.07) is 0. The third-order valence-electron chi connectivity index (χ3n) is 3.35. The standard InChI is InChI=1S/C11H5F13O2/c1-3(2)4(25)26-11(23,24)10(21,22)9(19,20)8(17,18)5(12)6(13,14)7(5,15)16/h1H2,2H3. The van der Waals surface area contributed by atoms with Crippen LogP contribution in [0.5, 0.6) is 0 Å². The van der Waals surface area contributed by atoms with Gasteiger partial charge in [0.05, 0.1) is 0 Å². The molecule has 0 aromatic heterocycles. The van der Waals surface area contributed by atoms with Gasteiger partial charge in [0.25, 0.3) is 0 Å². The van der Waals surface area contributed by atoms with Gasteiger partial charge < -0.3 is 4.74 Å². The Labute approximate surface area is 134 Å². The summed E-state index contributed by atoms with van der Waals surface area (Å²) in [5.41, 5.74) is -8.01. The first-order valence-electron chi connectivity index (χ1n) is 5.92. The van der Waals surface area contributed by atoms with Crippen LogP contribution in [0, 0.1) is 0 Å². The van der Waals surface area contributed by atoms with Crippen LogP contribution >= 0.6 is 0 Å². The molecule has 0 saturated heterocycles. The van der Waals surface area contributed by atoms with Gasteiger partial charge >= 0.3 is 47.4 Å². The zero-order chi connectivity index (χ0) is 21.4. The number of ether oxygens (including phenoxy) is 1. The molecule has 0 N–H and O–H groups in total. The third kappa shape index (κ3) is 2.17. The maximum Gasteiger partial charge on any atom is 0.473 e. The molecule has 0 unspecified atom stereocenters. The first-order chi connectivity index (χ1) is 11.1. The van der Waals surface area contributed by atoms with Crippen molar-refractivity contribution in [1.29, 1.82) is 0 Å². The predicted molar refractivity (Wildman–Crippen MR) is 54.4 cm³/mol. The second kappa shape index (κ2) is 5.18. The normalized spacial score (nSPS) is 21.9. The highest BCUT2D eigenvalue weighted by Gasteiger charge is 3.10. The number of rotatable bonds is 6. The lowest BCUT2D eigenvalue weighted by atomic mass is 9.97. The maximum absolute atomic E-state index is 13.2.